The summed E-state index contributed by atoms with van der Waals surface area (Å²) in [6, 6.07) is 20.2. The van der Waals surface area contributed by atoms with Crippen LogP contribution in [0, 0.1) is 5.92 Å². The molecule has 4 aliphatic rings. The summed E-state index contributed by atoms with van der Waals surface area (Å²) in [5.41, 5.74) is 3.00. The third-order valence-electron chi connectivity index (χ3n) is 11.1. The fourth-order valence-electron chi connectivity index (χ4n) is 8.81. The van der Waals surface area contributed by atoms with Crippen molar-refractivity contribution in [2.75, 3.05) is 23.4 Å². The van der Waals surface area contributed by atoms with Crippen LogP contribution in [-0.2, 0) is 44.2 Å². The molecule has 0 aromatic heterocycles. The highest BCUT2D eigenvalue weighted by molar-refractivity contribution is 6.71. The summed E-state index contributed by atoms with van der Waals surface area (Å²) >= 11 is 6.58. The molecule has 0 aliphatic carbocycles. The van der Waals surface area contributed by atoms with Gasteiger partial charge < -0.3 is 35.1 Å². The number of hydrogen-bond acceptors (Lipinski definition) is 7. The molecule has 10 nitrogen and oxygen atoms in total. The van der Waals surface area contributed by atoms with Gasteiger partial charge in [-0.3, -0.25) is 14.4 Å². The average Bonchev–Trinajstić information content (AvgIpc) is 3.78. The van der Waals surface area contributed by atoms with E-state index in [0.717, 1.165) is 36.1 Å². The van der Waals surface area contributed by atoms with Crippen molar-refractivity contribution in [3.05, 3.63) is 94.0 Å². The Kier molecular flexibility index (Phi) is 9.42. The fraction of sp³-hybridized carbons (Fsp3) is 0.447. The van der Waals surface area contributed by atoms with Gasteiger partial charge in [-0.2, -0.15) is 0 Å². The maximum atomic E-state index is 14.9. The van der Waals surface area contributed by atoms with E-state index in [2.05, 4.69) is 10.6 Å². The summed E-state index contributed by atoms with van der Waals surface area (Å²) in [4.78, 5) is 56.9. The molecule has 2 fully saturated rings. The van der Waals surface area contributed by atoms with E-state index in [4.69, 9.17) is 16.3 Å². The molecule has 264 valence electrons. The zero-order chi connectivity index (χ0) is 35.4. The molecule has 7 rings (SSSR count). The number of ether oxygens (including phenoxy) is 1. The Hall–Kier alpha value is -3.58. The molecule has 3 amide bonds. The summed E-state index contributed by atoms with van der Waals surface area (Å²) in [5.74, 6) is -1.01. The van der Waals surface area contributed by atoms with Gasteiger partial charge in [0.05, 0.1) is 43.4 Å². The summed E-state index contributed by atoms with van der Waals surface area (Å²) in [5, 5.41) is 17.0. The molecular weight excluding hydrogens is 672 g/mol. The van der Waals surface area contributed by atoms with Crippen LogP contribution in [0.4, 0.5) is 11.4 Å². The number of benzene rings is 3. The molecule has 12 heteroatoms. The number of carbonyl (C=O) groups is 3. The molecule has 0 bridgehead atoms. The Balaban J connectivity index is 1.18. The van der Waals surface area contributed by atoms with Crippen molar-refractivity contribution in [2.24, 2.45) is 5.92 Å². The van der Waals surface area contributed by atoms with Crippen LogP contribution >= 0.6 is 11.6 Å². The number of aliphatic hydroxyl groups is 1. The van der Waals surface area contributed by atoms with Gasteiger partial charge in [0.15, 0.2) is 13.9 Å². The SMILES string of the molecule is C[C@H]1[C@H]([Si](C)(C)O)[C@@H](CC(=O)N2Cc3ccccc3C[C@H]2CO)O[C@]12C(=O)N(Cc1cccc(NC(=O)[C@H]3CCCN3)c1)c1ccc(Cl)cc12. The Bertz CT molecular complexity index is 1810. The van der Waals surface area contributed by atoms with Gasteiger partial charge in [-0.05, 0) is 85.9 Å². The van der Waals surface area contributed by atoms with Crippen molar-refractivity contribution in [3.63, 3.8) is 0 Å². The number of nitrogens with one attached hydrogen (secondary N) is 2. The van der Waals surface area contributed by atoms with E-state index in [1.54, 1.807) is 21.9 Å². The molecule has 4 aliphatic heterocycles. The lowest BCUT2D eigenvalue weighted by Gasteiger charge is -2.37. The second kappa shape index (κ2) is 13.5. The van der Waals surface area contributed by atoms with E-state index < -0.39 is 31.5 Å². The van der Waals surface area contributed by atoms with Crippen molar-refractivity contribution in [3.8, 4) is 0 Å². The molecule has 4 N–H and O–H groups in total. The monoisotopic (exact) mass is 716 g/mol. The van der Waals surface area contributed by atoms with Crippen LogP contribution in [0.15, 0.2) is 66.7 Å². The Morgan fingerprint density at radius 2 is 1.88 bits per heavy atom. The van der Waals surface area contributed by atoms with Crippen molar-refractivity contribution >= 4 is 49.0 Å². The molecule has 6 atom stereocenters. The predicted molar refractivity (Wildman–Crippen MR) is 194 cm³/mol. The highest BCUT2D eigenvalue weighted by Crippen LogP contribution is 2.60. The van der Waals surface area contributed by atoms with Crippen LogP contribution in [0.2, 0.25) is 23.7 Å². The number of hydrogen-bond donors (Lipinski definition) is 4. The Morgan fingerprint density at radius 1 is 1.10 bits per heavy atom. The quantitative estimate of drug-likeness (QED) is 0.249. The predicted octanol–water partition coefficient (Wildman–Crippen LogP) is 4.71. The van der Waals surface area contributed by atoms with Gasteiger partial charge in [-0.15, -0.1) is 0 Å². The van der Waals surface area contributed by atoms with Gasteiger partial charge in [0.1, 0.15) is 0 Å². The molecule has 0 unspecified atom stereocenters. The highest BCUT2D eigenvalue weighted by atomic mass is 35.5. The number of carbonyl (C=O) groups excluding carboxylic acids is 3. The first-order valence-corrected chi connectivity index (χ1v) is 20.9. The van der Waals surface area contributed by atoms with Gasteiger partial charge in [0, 0.05) is 34.3 Å². The van der Waals surface area contributed by atoms with Crippen molar-refractivity contribution in [2.45, 2.75) is 88.1 Å². The van der Waals surface area contributed by atoms with Crippen molar-refractivity contribution in [1.82, 2.24) is 10.2 Å². The van der Waals surface area contributed by atoms with Gasteiger partial charge in [0.2, 0.25) is 11.8 Å². The third kappa shape index (κ3) is 6.18. The minimum atomic E-state index is -3.03. The van der Waals surface area contributed by atoms with Crippen molar-refractivity contribution in [1.29, 1.82) is 0 Å². The second-order valence-electron chi connectivity index (χ2n) is 14.8. The minimum Gasteiger partial charge on any atom is -0.432 e. The number of amides is 3. The van der Waals surface area contributed by atoms with Crippen LogP contribution in [-0.4, -0.2) is 72.2 Å². The lowest BCUT2D eigenvalue weighted by molar-refractivity contribution is -0.151. The normalized spacial score (nSPS) is 27.5. The standard InChI is InChI=1S/C38H45ClN4O6Si/c1-23-35(50(2,3)48)33(19-34(45)42-21-26-10-5-4-9-25(26)17-29(42)22-44)49-38(23)30-18-27(39)13-14-32(30)43(37(38)47)20-24-8-6-11-28(16-24)41-36(46)31-12-7-15-40-31/h4-6,8-11,13-14,16,18,23,29,31,33,35,40,44,48H,7,12,15,17,19-22H2,1-3H3,(H,41,46)/t23-,29-,31+,33+,35-,38+/m0/s1. The number of rotatable bonds is 8. The van der Waals surface area contributed by atoms with Crippen molar-refractivity contribution < 1.29 is 29.0 Å². The first kappa shape index (κ1) is 34.8. The number of halogens is 1. The van der Waals surface area contributed by atoms with Crippen LogP contribution in [0.1, 0.15) is 48.4 Å². The molecule has 1 spiro atoms. The molecular formula is C38H45ClN4O6Si. The maximum Gasteiger partial charge on any atom is 0.264 e. The maximum absolute atomic E-state index is 14.9. The molecule has 2 saturated heterocycles. The second-order valence-corrected chi connectivity index (χ2v) is 19.2. The average molecular weight is 717 g/mol. The van der Waals surface area contributed by atoms with Crippen LogP contribution in [0.5, 0.6) is 0 Å². The van der Waals surface area contributed by atoms with Gasteiger partial charge in [-0.1, -0.05) is 54.9 Å². The topological polar surface area (TPSA) is 131 Å². The number of anilines is 2. The minimum absolute atomic E-state index is 0.0345. The lowest BCUT2D eigenvalue weighted by Crippen LogP contribution is -2.48. The van der Waals surface area contributed by atoms with Crippen LogP contribution < -0.4 is 15.5 Å². The Morgan fingerprint density at radius 3 is 2.60 bits per heavy atom. The number of nitrogens with zero attached hydrogens (tertiary/aromatic N) is 2. The highest BCUT2D eigenvalue weighted by Gasteiger charge is 2.66. The summed E-state index contributed by atoms with van der Waals surface area (Å²) in [6.07, 6.45) is 1.53. The molecule has 50 heavy (non-hydrogen) atoms. The zero-order valence-electron chi connectivity index (χ0n) is 28.7. The van der Waals surface area contributed by atoms with E-state index in [9.17, 15) is 24.3 Å². The molecule has 3 aromatic rings. The Labute approximate surface area is 298 Å². The number of fused-ring (bicyclic) bond motifs is 3. The van der Waals surface area contributed by atoms with E-state index in [1.807, 2.05) is 74.6 Å². The van der Waals surface area contributed by atoms with E-state index in [-0.39, 0.29) is 49.4 Å². The molecule has 0 saturated carbocycles. The largest absolute Gasteiger partial charge is 0.432 e. The molecule has 0 radical (unpaired) electrons. The zero-order valence-corrected chi connectivity index (χ0v) is 30.5. The smallest absolute Gasteiger partial charge is 0.264 e. The summed E-state index contributed by atoms with van der Waals surface area (Å²) in [7, 11) is -3.03. The summed E-state index contributed by atoms with van der Waals surface area (Å²) in [6.45, 7) is 6.85. The lowest BCUT2D eigenvalue weighted by atomic mass is 9.82. The summed E-state index contributed by atoms with van der Waals surface area (Å²) < 4.78 is 6.91. The fourth-order valence-corrected chi connectivity index (χ4v) is 11.5. The van der Waals surface area contributed by atoms with E-state index >= 15 is 0 Å². The van der Waals surface area contributed by atoms with Gasteiger partial charge >= 0.3 is 0 Å². The van der Waals surface area contributed by atoms with Crippen LogP contribution in [0.25, 0.3) is 0 Å². The van der Waals surface area contributed by atoms with Gasteiger partial charge in [0.25, 0.3) is 5.91 Å². The van der Waals surface area contributed by atoms with E-state index in [1.165, 1.54) is 0 Å². The first-order chi connectivity index (χ1) is 23.9. The van der Waals surface area contributed by atoms with Gasteiger partial charge in [-0.25, -0.2) is 0 Å². The van der Waals surface area contributed by atoms with E-state index in [0.29, 0.717) is 34.9 Å². The van der Waals surface area contributed by atoms with Crippen LogP contribution in [0.3, 0.4) is 0 Å². The first-order valence-electron chi connectivity index (χ1n) is 17.5. The molecule has 4 heterocycles. The molecule has 3 aromatic carbocycles. The number of aliphatic hydroxyl groups excluding tert-OH is 1. The third-order valence-corrected chi connectivity index (χ3v) is 13.9.